The van der Waals surface area contributed by atoms with Crippen LogP contribution in [0.3, 0.4) is 0 Å². The largest absolute Gasteiger partial charge is 0.341 e. The summed E-state index contributed by atoms with van der Waals surface area (Å²) < 4.78 is 1.08. The monoisotopic (exact) mass is 337 g/mol. The number of benzene rings is 2. The van der Waals surface area contributed by atoms with Crippen molar-refractivity contribution in [3.05, 3.63) is 58.1 Å². The third kappa shape index (κ3) is 3.13. The van der Waals surface area contributed by atoms with Crippen LogP contribution in [0.25, 0.3) is 0 Å². The average molecular weight is 339 g/mol. The summed E-state index contributed by atoms with van der Waals surface area (Å²) in [5, 5.41) is 0. The minimum atomic E-state index is 0.537. The highest BCUT2D eigenvalue weighted by Crippen LogP contribution is 2.34. The maximum atomic E-state index is 5.87. The second kappa shape index (κ2) is 6.44. The zero-order valence-corrected chi connectivity index (χ0v) is 13.5. The van der Waals surface area contributed by atoms with E-state index in [1.165, 1.54) is 16.9 Å². The van der Waals surface area contributed by atoms with Gasteiger partial charge in [0.15, 0.2) is 0 Å². The summed E-state index contributed by atoms with van der Waals surface area (Å²) in [4.78, 5) is 2.30. The maximum Gasteiger partial charge on any atom is 0.0555 e. The number of rotatable bonds is 4. The highest BCUT2D eigenvalue weighted by atomic mass is 79.9. The van der Waals surface area contributed by atoms with Crippen LogP contribution >= 0.6 is 27.5 Å². The van der Waals surface area contributed by atoms with Crippen LogP contribution in [0.5, 0.6) is 0 Å². The Hall–Kier alpha value is -0.990. The third-order valence-corrected chi connectivity index (χ3v) is 4.12. The fourth-order valence-corrected chi connectivity index (χ4v) is 3.00. The number of anilines is 2. The van der Waals surface area contributed by atoms with Crippen LogP contribution in [0.15, 0.2) is 46.9 Å². The Morgan fingerprint density at radius 3 is 2.42 bits per heavy atom. The summed E-state index contributed by atoms with van der Waals surface area (Å²) in [6, 6.07) is 14.7. The van der Waals surface area contributed by atoms with Crippen molar-refractivity contribution in [2.24, 2.45) is 0 Å². The van der Waals surface area contributed by atoms with Crippen LogP contribution in [-0.4, -0.2) is 6.54 Å². The molecule has 0 aromatic heterocycles. The standard InChI is InChI=1S/C16H17BrClN/c1-3-19(15-7-5-4-6-12(15)2)16-9-8-13(11-18)10-14(16)17/h4-10H,3,11H2,1-2H3. The van der Waals surface area contributed by atoms with E-state index < -0.39 is 0 Å². The van der Waals surface area contributed by atoms with Crippen molar-refractivity contribution < 1.29 is 0 Å². The van der Waals surface area contributed by atoms with E-state index in [2.05, 4.69) is 77.1 Å². The first kappa shape index (κ1) is 14.4. The van der Waals surface area contributed by atoms with Gasteiger partial charge in [-0.2, -0.15) is 0 Å². The molecule has 0 saturated heterocycles. The number of para-hydroxylation sites is 1. The van der Waals surface area contributed by atoms with Crippen molar-refractivity contribution in [2.75, 3.05) is 11.4 Å². The molecule has 100 valence electrons. The van der Waals surface area contributed by atoms with Gasteiger partial charge in [-0.25, -0.2) is 0 Å². The Morgan fingerprint density at radius 1 is 1.11 bits per heavy atom. The van der Waals surface area contributed by atoms with Gasteiger partial charge in [0.2, 0.25) is 0 Å². The predicted molar refractivity (Wildman–Crippen MR) is 87.6 cm³/mol. The van der Waals surface area contributed by atoms with Crippen LogP contribution < -0.4 is 4.90 Å². The quantitative estimate of drug-likeness (QED) is 0.651. The Morgan fingerprint density at radius 2 is 1.84 bits per heavy atom. The lowest BCUT2D eigenvalue weighted by Gasteiger charge is -2.26. The van der Waals surface area contributed by atoms with Gasteiger partial charge >= 0.3 is 0 Å². The number of nitrogens with zero attached hydrogens (tertiary/aromatic N) is 1. The van der Waals surface area contributed by atoms with Gasteiger partial charge in [0.25, 0.3) is 0 Å². The molecule has 2 aromatic carbocycles. The van der Waals surface area contributed by atoms with E-state index in [0.29, 0.717) is 5.88 Å². The topological polar surface area (TPSA) is 3.24 Å². The molecule has 0 atom stereocenters. The van der Waals surface area contributed by atoms with E-state index in [4.69, 9.17) is 11.6 Å². The number of halogens is 2. The summed E-state index contributed by atoms with van der Waals surface area (Å²) >= 11 is 9.52. The lowest BCUT2D eigenvalue weighted by atomic mass is 10.1. The highest BCUT2D eigenvalue weighted by Gasteiger charge is 2.12. The average Bonchev–Trinajstić information content (AvgIpc) is 2.43. The zero-order valence-electron chi connectivity index (χ0n) is 11.2. The molecule has 3 heteroatoms. The SMILES string of the molecule is CCN(c1ccccc1C)c1ccc(CCl)cc1Br. The van der Waals surface area contributed by atoms with Gasteiger partial charge in [-0.1, -0.05) is 24.3 Å². The molecule has 0 heterocycles. The molecule has 0 radical (unpaired) electrons. The molecule has 0 aliphatic carbocycles. The third-order valence-electron chi connectivity index (χ3n) is 3.18. The molecule has 2 aromatic rings. The lowest BCUT2D eigenvalue weighted by molar-refractivity contribution is 1.01. The number of hydrogen-bond acceptors (Lipinski definition) is 1. The van der Waals surface area contributed by atoms with E-state index in [1.807, 2.05) is 0 Å². The van der Waals surface area contributed by atoms with Crippen molar-refractivity contribution in [3.8, 4) is 0 Å². The molecule has 2 rings (SSSR count). The highest BCUT2D eigenvalue weighted by molar-refractivity contribution is 9.10. The van der Waals surface area contributed by atoms with Crippen LogP contribution in [-0.2, 0) is 5.88 Å². The first-order chi connectivity index (χ1) is 9.17. The fourth-order valence-electron chi connectivity index (χ4n) is 2.19. The Bertz CT molecular complexity index is 568. The molecule has 19 heavy (non-hydrogen) atoms. The molecule has 0 bridgehead atoms. The number of hydrogen-bond donors (Lipinski definition) is 0. The maximum absolute atomic E-state index is 5.87. The first-order valence-electron chi connectivity index (χ1n) is 6.35. The zero-order chi connectivity index (χ0) is 13.8. The van der Waals surface area contributed by atoms with Gasteiger partial charge in [-0.05, 0) is 59.1 Å². The molecule has 0 aliphatic rings. The van der Waals surface area contributed by atoms with Crippen molar-refractivity contribution >= 4 is 38.9 Å². The van der Waals surface area contributed by atoms with E-state index in [9.17, 15) is 0 Å². The minimum Gasteiger partial charge on any atom is -0.341 e. The van der Waals surface area contributed by atoms with Gasteiger partial charge in [0.05, 0.1) is 5.69 Å². The van der Waals surface area contributed by atoms with Crippen LogP contribution in [0.1, 0.15) is 18.1 Å². The van der Waals surface area contributed by atoms with Crippen LogP contribution in [0.4, 0.5) is 11.4 Å². The van der Waals surface area contributed by atoms with E-state index >= 15 is 0 Å². The second-order valence-corrected chi connectivity index (χ2v) is 5.57. The minimum absolute atomic E-state index is 0.537. The molecule has 0 unspecified atom stereocenters. The second-order valence-electron chi connectivity index (χ2n) is 4.45. The smallest absolute Gasteiger partial charge is 0.0555 e. The first-order valence-corrected chi connectivity index (χ1v) is 7.67. The van der Waals surface area contributed by atoms with Gasteiger partial charge in [0.1, 0.15) is 0 Å². The summed E-state index contributed by atoms with van der Waals surface area (Å²) in [7, 11) is 0. The van der Waals surface area contributed by atoms with Gasteiger partial charge in [-0.3, -0.25) is 0 Å². The molecule has 0 N–H and O–H groups in total. The molecular formula is C16H17BrClN. The Balaban J connectivity index is 2.46. The molecule has 0 aliphatic heterocycles. The van der Waals surface area contributed by atoms with Gasteiger partial charge in [-0.15, -0.1) is 11.6 Å². The molecule has 0 saturated carbocycles. The number of alkyl halides is 1. The molecule has 0 fully saturated rings. The van der Waals surface area contributed by atoms with Crippen LogP contribution in [0, 0.1) is 6.92 Å². The van der Waals surface area contributed by atoms with Crippen molar-refractivity contribution in [1.29, 1.82) is 0 Å². The predicted octanol–water partition coefficient (Wildman–Crippen LogP) is 5.65. The fraction of sp³-hybridized carbons (Fsp3) is 0.250. The molecule has 0 spiro atoms. The van der Waals surface area contributed by atoms with Crippen molar-refractivity contribution in [3.63, 3.8) is 0 Å². The normalized spacial score (nSPS) is 10.5. The van der Waals surface area contributed by atoms with Crippen molar-refractivity contribution in [1.82, 2.24) is 0 Å². The Kier molecular flexibility index (Phi) is 4.89. The molecule has 0 amide bonds. The summed E-state index contributed by atoms with van der Waals surface area (Å²) in [6.07, 6.45) is 0. The van der Waals surface area contributed by atoms with Crippen LogP contribution in [0.2, 0.25) is 0 Å². The van der Waals surface area contributed by atoms with E-state index in [0.717, 1.165) is 16.6 Å². The summed E-state index contributed by atoms with van der Waals surface area (Å²) in [6.45, 7) is 5.22. The summed E-state index contributed by atoms with van der Waals surface area (Å²) in [5.41, 5.74) is 4.81. The molecular weight excluding hydrogens is 322 g/mol. The number of aryl methyl sites for hydroxylation is 1. The lowest BCUT2D eigenvalue weighted by Crippen LogP contribution is -2.17. The summed E-state index contributed by atoms with van der Waals surface area (Å²) in [5.74, 6) is 0.537. The van der Waals surface area contributed by atoms with Crippen molar-refractivity contribution in [2.45, 2.75) is 19.7 Å². The molecule has 1 nitrogen and oxygen atoms in total. The van der Waals surface area contributed by atoms with Gasteiger partial charge in [0, 0.05) is 22.6 Å². The van der Waals surface area contributed by atoms with E-state index in [-0.39, 0.29) is 0 Å². The van der Waals surface area contributed by atoms with E-state index in [1.54, 1.807) is 0 Å². The van der Waals surface area contributed by atoms with Gasteiger partial charge < -0.3 is 4.90 Å². The Labute approximate surface area is 128 Å².